The maximum Gasteiger partial charge on any atom is 0.132 e. The van der Waals surface area contributed by atoms with Crippen molar-refractivity contribution in [3.63, 3.8) is 0 Å². The minimum atomic E-state index is 0.208. The minimum Gasteiger partial charge on any atom is -0.396 e. The number of hydrogen-bond donors (Lipinski definition) is 1. The number of ketones is 1. The van der Waals surface area contributed by atoms with Gasteiger partial charge in [0.2, 0.25) is 0 Å². The summed E-state index contributed by atoms with van der Waals surface area (Å²) in [6, 6.07) is 0. The Hall–Kier alpha value is -0.370. The molecule has 0 unspecified atom stereocenters. The van der Waals surface area contributed by atoms with E-state index < -0.39 is 0 Å². The van der Waals surface area contributed by atoms with Gasteiger partial charge in [-0.25, -0.2) is 0 Å². The fraction of sp³-hybridized carbons (Fsp3) is 0.909. The number of Topliss-reactive ketones (excluding diaryl/α,β-unsaturated/α-hetero) is 1. The molecule has 0 radical (unpaired) electrons. The second kappa shape index (κ2) is 8.24. The Morgan fingerprint density at radius 3 is 2.31 bits per heavy atom. The van der Waals surface area contributed by atoms with Crippen molar-refractivity contribution >= 4 is 5.78 Å². The van der Waals surface area contributed by atoms with Crippen molar-refractivity contribution in [2.75, 3.05) is 6.61 Å². The van der Waals surface area contributed by atoms with Gasteiger partial charge in [0, 0.05) is 19.4 Å². The average Bonchev–Trinajstić information content (AvgIpc) is 2.04. The minimum absolute atomic E-state index is 0.208. The Kier molecular flexibility index (Phi) is 8.00. The quantitative estimate of drug-likeness (QED) is 0.591. The third-order valence-corrected chi connectivity index (χ3v) is 2.10. The van der Waals surface area contributed by atoms with Crippen molar-refractivity contribution in [3.8, 4) is 0 Å². The third kappa shape index (κ3) is 9.54. The second-order valence-corrected chi connectivity index (χ2v) is 4.01. The first-order valence-electron chi connectivity index (χ1n) is 5.29. The van der Waals surface area contributed by atoms with E-state index >= 15 is 0 Å². The van der Waals surface area contributed by atoms with Crippen molar-refractivity contribution in [1.29, 1.82) is 0 Å². The van der Waals surface area contributed by atoms with Crippen LogP contribution >= 0.6 is 0 Å². The van der Waals surface area contributed by atoms with Crippen LogP contribution in [0.5, 0.6) is 0 Å². The van der Waals surface area contributed by atoms with Gasteiger partial charge in [0.1, 0.15) is 5.78 Å². The summed E-state index contributed by atoms with van der Waals surface area (Å²) in [6.45, 7) is 4.56. The van der Waals surface area contributed by atoms with Crippen molar-refractivity contribution in [3.05, 3.63) is 0 Å². The summed E-state index contributed by atoms with van der Waals surface area (Å²) in [4.78, 5) is 11.2. The number of hydrogen-bond acceptors (Lipinski definition) is 2. The maximum absolute atomic E-state index is 11.2. The van der Waals surface area contributed by atoms with Crippen molar-refractivity contribution in [1.82, 2.24) is 0 Å². The zero-order chi connectivity index (χ0) is 10.1. The Morgan fingerprint density at radius 2 is 1.77 bits per heavy atom. The standard InChI is InChI=1S/C11H22O2/c1-10(2)6-5-8-11(13)7-3-4-9-12/h10,12H,3-9H2,1-2H3. The molecule has 0 heterocycles. The van der Waals surface area contributed by atoms with Crippen LogP contribution in [-0.4, -0.2) is 17.5 Å². The summed E-state index contributed by atoms with van der Waals surface area (Å²) in [6.07, 6.45) is 5.15. The zero-order valence-electron chi connectivity index (χ0n) is 8.88. The van der Waals surface area contributed by atoms with Gasteiger partial charge >= 0.3 is 0 Å². The highest BCUT2D eigenvalue weighted by Gasteiger charge is 2.02. The summed E-state index contributed by atoms with van der Waals surface area (Å²) in [5.41, 5.74) is 0. The van der Waals surface area contributed by atoms with Gasteiger partial charge in [-0.15, -0.1) is 0 Å². The summed E-state index contributed by atoms with van der Waals surface area (Å²) < 4.78 is 0. The Labute approximate surface area is 81.3 Å². The van der Waals surface area contributed by atoms with Gasteiger partial charge in [0.05, 0.1) is 0 Å². The Morgan fingerprint density at radius 1 is 1.15 bits per heavy atom. The predicted molar refractivity (Wildman–Crippen MR) is 54.6 cm³/mol. The van der Waals surface area contributed by atoms with E-state index in [1.807, 2.05) is 0 Å². The van der Waals surface area contributed by atoms with Gasteiger partial charge < -0.3 is 5.11 Å². The van der Waals surface area contributed by atoms with E-state index in [-0.39, 0.29) is 6.61 Å². The van der Waals surface area contributed by atoms with E-state index in [9.17, 15) is 4.79 Å². The first-order chi connectivity index (χ1) is 6.16. The molecule has 0 fully saturated rings. The van der Waals surface area contributed by atoms with Crippen LogP contribution in [0.1, 0.15) is 52.4 Å². The molecule has 0 atom stereocenters. The summed E-state index contributed by atoms with van der Waals surface area (Å²) >= 11 is 0. The van der Waals surface area contributed by atoms with Crippen LogP contribution in [-0.2, 0) is 4.79 Å². The molecule has 0 aliphatic carbocycles. The molecular weight excluding hydrogens is 164 g/mol. The lowest BCUT2D eigenvalue weighted by Gasteiger charge is -2.03. The van der Waals surface area contributed by atoms with Crippen molar-refractivity contribution < 1.29 is 9.90 Å². The molecule has 0 spiro atoms. The SMILES string of the molecule is CC(C)CCCC(=O)CCCCO. The number of carbonyl (C=O) groups is 1. The van der Waals surface area contributed by atoms with E-state index in [1.165, 1.54) is 0 Å². The Balaban J connectivity index is 3.20. The molecule has 0 aliphatic heterocycles. The fourth-order valence-corrected chi connectivity index (χ4v) is 1.27. The van der Waals surface area contributed by atoms with Gasteiger partial charge in [-0.1, -0.05) is 20.3 Å². The van der Waals surface area contributed by atoms with Crippen molar-refractivity contribution in [2.45, 2.75) is 52.4 Å². The topological polar surface area (TPSA) is 37.3 Å². The summed E-state index contributed by atoms with van der Waals surface area (Å²) in [5.74, 6) is 1.05. The van der Waals surface area contributed by atoms with E-state index in [0.29, 0.717) is 18.1 Å². The van der Waals surface area contributed by atoms with Gasteiger partial charge in [0.25, 0.3) is 0 Å². The highest BCUT2D eigenvalue weighted by atomic mass is 16.2. The molecule has 0 aliphatic rings. The smallest absolute Gasteiger partial charge is 0.132 e. The molecule has 0 amide bonds. The third-order valence-electron chi connectivity index (χ3n) is 2.10. The van der Waals surface area contributed by atoms with Gasteiger partial charge in [-0.3, -0.25) is 4.79 Å². The lowest BCUT2D eigenvalue weighted by Crippen LogP contribution is -1.99. The second-order valence-electron chi connectivity index (χ2n) is 4.01. The Bertz CT molecular complexity index is 130. The summed E-state index contributed by atoms with van der Waals surface area (Å²) in [7, 11) is 0. The molecule has 2 nitrogen and oxygen atoms in total. The van der Waals surface area contributed by atoms with Gasteiger partial charge in [-0.2, -0.15) is 0 Å². The first-order valence-corrected chi connectivity index (χ1v) is 5.29. The molecule has 2 heteroatoms. The van der Waals surface area contributed by atoms with Crippen LogP contribution in [0.25, 0.3) is 0 Å². The molecule has 0 rings (SSSR count). The molecule has 0 saturated carbocycles. The van der Waals surface area contributed by atoms with E-state index in [2.05, 4.69) is 13.8 Å². The lowest BCUT2D eigenvalue weighted by molar-refractivity contribution is -0.119. The lowest BCUT2D eigenvalue weighted by atomic mass is 10.0. The number of rotatable bonds is 8. The molecule has 0 bridgehead atoms. The number of unbranched alkanes of at least 4 members (excludes halogenated alkanes) is 1. The number of carbonyl (C=O) groups excluding carboxylic acids is 1. The van der Waals surface area contributed by atoms with Gasteiger partial charge in [-0.05, 0) is 25.2 Å². The van der Waals surface area contributed by atoms with E-state index in [1.54, 1.807) is 0 Å². The normalized spacial score (nSPS) is 10.8. The largest absolute Gasteiger partial charge is 0.396 e. The van der Waals surface area contributed by atoms with Crippen molar-refractivity contribution in [2.24, 2.45) is 5.92 Å². The van der Waals surface area contributed by atoms with E-state index in [0.717, 1.165) is 32.1 Å². The fourth-order valence-electron chi connectivity index (χ4n) is 1.27. The van der Waals surface area contributed by atoms with E-state index in [4.69, 9.17) is 5.11 Å². The van der Waals surface area contributed by atoms with Crippen LogP contribution < -0.4 is 0 Å². The van der Waals surface area contributed by atoms with Crippen LogP contribution in [0, 0.1) is 5.92 Å². The van der Waals surface area contributed by atoms with Crippen LogP contribution in [0.15, 0.2) is 0 Å². The molecule has 1 N–H and O–H groups in total. The first kappa shape index (κ1) is 12.6. The number of aliphatic hydroxyl groups is 1. The highest BCUT2D eigenvalue weighted by molar-refractivity contribution is 5.78. The predicted octanol–water partition coefficient (Wildman–Crippen LogP) is 2.54. The van der Waals surface area contributed by atoms with Gasteiger partial charge in [0.15, 0.2) is 0 Å². The molecule has 0 aromatic heterocycles. The molecule has 78 valence electrons. The summed E-state index contributed by atoms with van der Waals surface area (Å²) in [5, 5.41) is 8.52. The number of aliphatic hydroxyl groups excluding tert-OH is 1. The van der Waals surface area contributed by atoms with Crippen LogP contribution in [0.2, 0.25) is 0 Å². The monoisotopic (exact) mass is 186 g/mol. The molecule has 0 saturated heterocycles. The highest BCUT2D eigenvalue weighted by Crippen LogP contribution is 2.08. The maximum atomic E-state index is 11.2. The average molecular weight is 186 g/mol. The zero-order valence-corrected chi connectivity index (χ0v) is 8.88. The van der Waals surface area contributed by atoms with Crippen LogP contribution in [0.4, 0.5) is 0 Å². The molecule has 0 aromatic carbocycles. The molecular formula is C11H22O2. The van der Waals surface area contributed by atoms with Crippen LogP contribution in [0.3, 0.4) is 0 Å². The molecule has 0 aromatic rings. The molecule has 13 heavy (non-hydrogen) atoms.